The van der Waals surface area contributed by atoms with Gasteiger partial charge in [-0.2, -0.15) is 0 Å². The lowest BCUT2D eigenvalue weighted by Gasteiger charge is -2.32. The van der Waals surface area contributed by atoms with Crippen molar-refractivity contribution in [1.29, 1.82) is 0 Å². The SMILES string of the molecule is CNc1c(C(=O)NC2CC(O)C2)cnc2cc(F)c(-c3ccc(C(=O)NCCCCCC(=O)CNc4cccc5c4C(=O)N(C4CCC(=O)NC4=O)C5=O)c(F)c3)cc12. The van der Waals surface area contributed by atoms with Gasteiger partial charge in [-0.1, -0.05) is 18.6 Å². The topological polar surface area (TPSA) is 216 Å². The van der Waals surface area contributed by atoms with Gasteiger partial charge in [0, 0.05) is 61.4 Å². The molecule has 4 aromatic rings. The number of aliphatic hydroxyl groups is 1. The number of aromatic nitrogens is 1. The Morgan fingerprint density at radius 3 is 2.44 bits per heavy atom. The molecule has 1 atom stereocenters. The number of hydrogen-bond acceptors (Lipinski definition) is 11. The van der Waals surface area contributed by atoms with E-state index in [9.17, 15) is 38.7 Å². The molecule has 1 unspecified atom stereocenters. The van der Waals surface area contributed by atoms with E-state index in [1.165, 1.54) is 36.5 Å². The Kier molecular flexibility index (Phi) is 11.7. The van der Waals surface area contributed by atoms with Gasteiger partial charge in [0.2, 0.25) is 11.8 Å². The largest absolute Gasteiger partial charge is 0.393 e. The zero-order valence-electron chi connectivity index (χ0n) is 32.0. The van der Waals surface area contributed by atoms with Gasteiger partial charge in [0.15, 0.2) is 5.78 Å². The van der Waals surface area contributed by atoms with E-state index in [1.807, 2.05) is 0 Å². The molecule has 1 aromatic heterocycles. The molecule has 15 nitrogen and oxygen atoms in total. The third-order valence-electron chi connectivity index (χ3n) is 10.8. The molecule has 7 rings (SSSR count). The van der Waals surface area contributed by atoms with Gasteiger partial charge in [-0.05, 0) is 68.0 Å². The summed E-state index contributed by atoms with van der Waals surface area (Å²) in [6, 6.07) is 9.74. The van der Waals surface area contributed by atoms with Crippen LogP contribution >= 0.6 is 0 Å². The number of carbonyl (C=O) groups excluding carboxylic acids is 7. The molecular weight excluding hydrogens is 768 g/mol. The van der Waals surface area contributed by atoms with Crippen LogP contribution in [0.5, 0.6) is 0 Å². The number of unbranched alkanes of at least 4 members (excludes halogenated alkanes) is 2. The number of aliphatic hydroxyl groups excluding tert-OH is 1. The highest BCUT2D eigenvalue weighted by Gasteiger charge is 2.45. The van der Waals surface area contributed by atoms with Crippen LogP contribution in [0.25, 0.3) is 22.0 Å². The zero-order valence-corrected chi connectivity index (χ0v) is 32.0. The average molecular weight is 810 g/mol. The Morgan fingerprint density at radius 1 is 0.915 bits per heavy atom. The fraction of sp³-hybridized carbons (Fsp3) is 0.333. The van der Waals surface area contributed by atoms with Gasteiger partial charge in [-0.15, -0.1) is 0 Å². The smallest absolute Gasteiger partial charge is 0.264 e. The molecule has 1 saturated heterocycles. The van der Waals surface area contributed by atoms with Gasteiger partial charge in [0.1, 0.15) is 17.7 Å². The van der Waals surface area contributed by atoms with Crippen LogP contribution in [0.4, 0.5) is 20.2 Å². The summed E-state index contributed by atoms with van der Waals surface area (Å²) < 4.78 is 30.6. The molecule has 17 heteroatoms. The lowest BCUT2D eigenvalue weighted by atomic mass is 9.89. The molecule has 2 fully saturated rings. The van der Waals surface area contributed by atoms with Crippen molar-refractivity contribution >= 4 is 63.5 Å². The van der Waals surface area contributed by atoms with E-state index in [-0.39, 0.29) is 88.8 Å². The number of fused-ring (bicyclic) bond motifs is 2. The molecular formula is C42H41F2N7O8. The number of hydrogen-bond donors (Lipinski definition) is 6. The first-order valence-corrected chi connectivity index (χ1v) is 19.3. The third kappa shape index (κ3) is 8.37. The molecule has 306 valence electrons. The second-order valence-electron chi connectivity index (χ2n) is 14.8. The minimum atomic E-state index is -1.11. The molecule has 2 aliphatic heterocycles. The molecule has 0 spiro atoms. The molecule has 1 aliphatic carbocycles. The van der Waals surface area contributed by atoms with Gasteiger partial charge in [-0.3, -0.25) is 48.8 Å². The van der Waals surface area contributed by atoms with E-state index in [4.69, 9.17) is 0 Å². The van der Waals surface area contributed by atoms with Crippen molar-refractivity contribution in [3.63, 3.8) is 0 Å². The quantitative estimate of drug-likeness (QED) is 0.0749. The van der Waals surface area contributed by atoms with Crippen molar-refractivity contribution in [3.8, 4) is 11.1 Å². The van der Waals surface area contributed by atoms with Crippen molar-refractivity contribution < 1.29 is 47.4 Å². The van der Waals surface area contributed by atoms with E-state index in [2.05, 4.69) is 31.6 Å². The molecule has 0 radical (unpaired) electrons. The number of imide groups is 2. The molecule has 6 amide bonds. The summed E-state index contributed by atoms with van der Waals surface area (Å²) in [5.74, 6) is -5.28. The van der Waals surface area contributed by atoms with Crippen LogP contribution in [-0.2, 0) is 14.4 Å². The summed E-state index contributed by atoms with van der Waals surface area (Å²) in [7, 11) is 1.61. The van der Waals surface area contributed by atoms with Crippen LogP contribution in [0.3, 0.4) is 0 Å². The summed E-state index contributed by atoms with van der Waals surface area (Å²) in [6.45, 7) is 0.0861. The number of anilines is 2. The number of nitrogens with zero attached hydrogens (tertiary/aromatic N) is 2. The van der Waals surface area contributed by atoms with E-state index >= 15 is 8.78 Å². The van der Waals surface area contributed by atoms with Crippen molar-refractivity contribution in [3.05, 3.63) is 88.6 Å². The lowest BCUT2D eigenvalue weighted by molar-refractivity contribution is -0.136. The molecule has 59 heavy (non-hydrogen) atoms. The Bertz CT molecular complexity index is 2420. The summed E-state index contributed by atoms with van der Waals surface area (Å²) in [6.07, 6.45) is 3.57. The van der Waals surface area contributed by atoms with E-state index in [0.717, 1.165) is 11.0 Å². The Labute approximate surface area is 336 Å². The first kappa shape index (κ1) is 40.6. The number of amides is 6. The number of ketones is 1. The number of benzene rings is 3. The molecule has 3 aliphatic rings. The fourth-order valence-electron chi connectivity index (χ4n) is 7.58. The van der Waals surface area contributed by atoms with Crippen molar-refractivity contribution in [2.45, 2.75) is 69.6 Å². The van der Waals surface area contributed by atoms with Crippen LogP contribution in [0, 0.1) is 11.6 Å². The van der Waals surface area contributed by atoms with Crippen LogP contribution < -0.4 is 26.6 Å². The maximum absolute atomic E-state index is 15.3. The molecule has 3 aromatic carbocycles. The van der Waals surface area contributed by atoms with Gasteiger partial charge in [-0.25, -0.2) is 8.78 Å². The fourth-order valence-corrected chi connectivity index (χ4v) is 7.58. The maximum Gasteiger partial charge on any atom is 0.264 e. The number of pyridine rings is 1. The van der Waals surface area contributed by atoms with Crippen molar-refractivity contribution in [2.24, 2.45) is 0 Å². The van der Waals surface area contributed by atoms with E-state index < -0.39 is 59.2 Å². The Hall–Kier alpha value is -6.62. The summed E-state index contributed by atoms with van der Waals surface area (Å²) in [4.78, 5) is 93.9. The Morgan fingerprint density at radius 2 is 1.71 bits per heavy atom. The first-order valence-electron chi connectivity index (χ1n) is 19.3. The van der Waals surface area contributed by atoms with Gasteiger partial charge in [0.05, 0.1) is 46.1 Å². The number of piperidine rings is 1. The van der Waals surface area contributed by atoms with Crippen LogP contribution in [0.15, 0.2) is 54.7 Å². The number of halogens is 2. The molecule has 6 N–H and O–H groups in total. The monoisotopic (exact) mass is 809 g/mol. The highest BCUT2D eigenvalue weighted by molar-refractivity contribution is 6.25. The average Bonchev–Trinajstić information content (AvgIpc) is 3.45. The summed E-state index contributed by atoms with van der Waals surface area (Å²) in [5, 5.41) is 23.6. The number of carbonyl (C=O) groups is 7. The highest BCUT2D eigenvalue weighted by atomic mass is 19.1. The van der Waals surface area contributed by atoms with Crippen molar-refractivity contribution in [2.75, 3.05) is 30.8 Å². The molecule has 1 saturated carbocycles. The van der Waals surface area contributed by atoms with E-state index in [0.29, 0.717) is 43.2 Å². The minimum absolute atomic E-state index is 0.00255. The third-order valence-corrected chi connectivity index (χ3v) is 10.8. The molecule has 0 bridgehead atoms. The maximum atomic E-state index is 15.3. The van der Waals surface area contributed by atoms with Crippen LogP contribution in [0.1, 0.15) is 92.8 Å². The van der Waals surface area contributed by atoms with Gasteiger partial charge < -0.3 is 26.4 Å². The Balaban J connectivity index is 0.884. The van der Waals surface area contributed by atoms with Crippen molar-refractivity contribution in [1.82, 2.24) is 25.8 Å². The highest BCUT2D eigenvalue weighted by Crippen LogP contribution is 2.35. The number of Topliss-reactive ketones (excluding diaryl/α,β-unsaturated/α-hetero) is 1. The predicted octanol–water partition coefficient (Wildman–Crippen LogP) is 3.85. The van der Waals surface area contributed by atoms with E-state index in [1.54, 1.807) is 19.2 Å². The zero-order chi connectivity index (χ0) is 42.0. The first-order chi connectivity index (χ1) is 28.3. The standard InChI is InChI=1S/C42H41F2N7O8/c1-45-37-28-17-27(31(44)18-33(28)48-20-29(37)39(56)49-22-15-24(53)16-22)21-9-10-25(30(43)14-21)38(55)46-13-4-2-3-6-23(52)19-47-32-8-5-7-26-36(32)42(59)51(41(26)58)34-11-12-35(54)50-40(34)57/h5,7-10,14,17-18,20,22,24,34,47,53H,2-4,6,11-13,15-16,19H2,1H3,(H,45,48)(H,46,55)(H,49,56)(H,50,54,57). The second kappa shape index (κ2) is 17.1. The molecule has 3 heterocycles. The normalized spacial score (nSPS) is 18.6. The van der Waals surface area contributed by atoms with Gasteiger partial charge >= 0.3 is 0 Å². The van der Waals surface area contributed by atoms with Crippen LogP contribution in [0.2, 0.25) is 0 Å². The van der Waals surface area contributed by atoms with Gasteiger partial charge in [0.25, 0.3) is 23.6 Å². The second-order valence-corrected chi connectivity index (χ2v) is 14.8. The summed E-state index contributed by atoms with van der Waals surface area (Å²) >= 11 is 0. The minimum Gasteiger partial charge on any atom is -0.393 e. The number of rotatable bonds is 15. The predicted molar refractivity (Wildman–Crippen MR) is 211 cm³/mol. The summed E-state index contributed by atoms with van der Waals surface area (Å²) in [5.41, 5.74) is 1.31. The lowest BCUT2D eigenvalue weighted by Crippen LogP contribution is -2.54. The number of nitrogens with one attached hydrogen (secondary N) is 5. The van der Waals surface area contributed by atoms with Crippen LogP contribution in [-0.4, -0.2) is 94.5 Å².